The van der Waals surface area contributed by atoms with Gasteiger partial charge >= 0.3 is 5.69 Å². The number of aromatic nitrogens is 2. The van der Waals surface area contributed by atoms with Crippen molar-refractivity contribution in [3.8, 4) is 5.69 Å². The molecule has 4 nitrogen and oxygen atoms in total. The van der Waals surface area contributed by atoms with Crippen LogP contribution in [0.3, 0.4) is 0 Å². The number of nitrogens with two attached hydrogens (primary N) is 1. The van der Waals surface area contributed by atoms with E-state index >= 15 is 0 Å². The Hall–Kier alpha value is -1.81. The fraction of sp³-hybridized carbons (Fsp3) is 0.357. The second-order valence-electron chi connectivity index (χ2n) is 4.60. The summed E-state index contributed by atoms with van der Waals surface area (Å²) in [6.45, 7) is 2.79. The van der Waals surface area contributed by atoms with Crippen LogP contribution in [0.25, 0.3) is 5.69 Å². The van der Waals surface area contributed by atoms with Crippen LogP contribution in [0.5, 0.6) is 0 Å². The molecule has 0 radical (unpaired) electrons. The van der Waals surface area contributed by atoms with Crippen molar-refractivity contribution in [1.82, 2.24) is 9.13 Å². The Morgan fingerprint density at radius 2 is 2.00 bits per heavy atom. The van der Waals surface area contributed by atoms with Crippen LogP contribution in [0.1, 0.15) is 24.8 Å². The van der Waals surface area contributed by atoms with Crippen LogP contribution in [0.4, 0.5) is 0 Å². The average molecular weight is 245 g/mol. The van der Waals surface area contributed by atoms with Crippen LogP contribution in [0, 0.1) is 0 Å². The van der Waals surface area contributed by atoms with Gasteiger partial charge < -0.3 is 10.3 Å². The lowest BCUT2D eigenvalue weighted by Crippen LogP contribution is -2.21. The van der Waals surface area contributed by atoms with Gasteiger partial charge in [-0.15, -0.1) is 0 Å². The first-order valence-electron chi connectivity index (χ1n) is 6.18. The summed E-state index contributed by atoms with van der Waals surface area (Å²) in [6.07, 6.45) is 4.49. The van der Waals surface area contributed by atoms with Gasteiger partial charge in [-0.1, -0.05) is 25.1 Å². The van der Waals surface area contributed by atoms with Gasteiger partial charge in [0.2, 0.25) is 0 Å². The fourth-order valence-electron chi connectivity index (χ4n) is 2.18. The maximum atomic E-state index is 12.0. The van der Waals surface area contributed by atoms with E-state index in [2.05, 4.69) is 13.0 Å². The van der Waals surface area contributed by atoms with Gasteiger partial charge in [-0.05, 0) is 30.5 Å². The molecule has 96 valence electrons. The van der Waals surface area contributed by atoms with Gasteiger partial charge in [-0.25, -0.2) is 4.79 Å². The molecule has 4 heteroatoms. The number of nitrogens with zero attached hydrogens (tertiary/aromatic N) is 2. The van der Waals surface area contributed by atoms with Crippen molar-refractivity contribution in [3.05, 3.63) is 52.7 Å². The number of hydrogen-bond donors (Lipinski definition) is 1. The van der Waals surface area contributed by atoms with E-state index in [0.29, 0.717) is 12.5 Å². The molecule has 1 atom stereocenters. The van der Waals surface area contributed by atoms with Crippen molar-refractivity contribution in [2.24, 2.45) is 12.8 Å². The predicted molar refractivity (Wildman–Crippen MR) is 73.1 cm³/mol. The zero-order chi connectivity index (χ0) is 13.1. The highest BCUT2D eigenvalue weighted by Gasteiger charge is 2.12. The molecule has 0 saturated carbocycles. The van der Waals surface area contributed by atoms with Crippen molar-refractivity contribution in [3.63, 3.8) is 0 Å². The first-order valence-corrected chi connectivity index (χ1v) is 6.18. The average Bonchev–Trinajstić information content (AvgIpc) is 2.70. The van der Waals surface area contributed by atoms with Crippen molar-refractivity contribution >= 4 is 0 Å². The molecule has 0 aliphatic heterocycles. The minimum atomic E-state index is -0.0256. The number of para-hydroxylation sites is 1. The summed E-state index contributed by atoms with van der Waals surface area (Å²) in [5.41, 5.74) is 7.70. The Kier molecular flexibility index (Phi) is 3.67. The quantitative estimate of drug-likeness (QED) is 0.890. The minimum Gasteiger partial charge on any atom is -0.330 e. The number of benzene rings is 1. The molecule has 0 saturated heterocycles. The topological polar surface area (TPSA) is 52.9 Å². The SMILES string of the molecule is CC(CCN)c1ccccc1-n1ccn(C)c1=O. The molecule has 0 spiro atoms. The third kappa shape index (κ3) is 2.24. The van der Waals surface area contributed by atoms with Crippen LogP contribution in [-0.2, 0) is 7.05 Å². The van der Waals surface area contributed by atoms with E-state index in [1.807, 2.05) is 18.2 Å². The molecule has 1 aromatic carbocycles. The molecule has 0 amide bonds. The summed E-state index contributed by atoms with van der Waals surface area (Å²) < 4.78 is 3.26. The zero-order valence-corrected chi connectivity index (χ0v) is 10.8. The van der Waals surface area contributed by atoms with Gasteiger partial charge in [0.05, 0.1) is 5.69 Å². The molecule has 2 aromatic rings. The van der Waals surface area contributed by atoms with Gasteiger partial charge in [-0.3, -0.25) is 4.57 Å². The Bertz CT molecular complexity index is 583. The number of rotatable bonds is 4. The lowest BCUT2D eigenvalue weighted by molar-refractivity contribution is 0.683. The minimum absolute atomic E-state index is 0.0256. The summed E-state index contributed by atoms with van der Waals surface area (Å²) in [4.78, 5) is 12.0. The molecule has 2 rings (SSSR count). The highest BCUT2D eigenvalue weighted by Crippen LogP contribution is 2.24. The normalized spacial score (nSPS) is 12.6. The Labute approximate surface area is 107 Å². The van der Waals surface area contributed by atoms with Crippen LogP contribution < -0.4 is 11.4 Å². The lowest BCUT2D eigenvalue weighted by Gasteiger charge is -2.15. The van der Waals surface area contributed by atoms with E-state index in [1.165, 1.54) is 0 Å². The molecule has 1 aromatic heterocycles. The molecule has 1 unspecified atom stereocenters. The summed E-state index contributed by atoms with van der Waals surface area (Å²) in [5, 5.41) is 0. The molecular formula is C14H19N3O. The first kappa shape index (κ1) is 12.6. The Morgan fingerprint density at radius 1 is 1.28 bits per heavy atom. The molecule has 0 aliphatic carbocycles. The first-order chi connectivity index (χ1) is 8.65. The summed E-state index contributed by atoms with van der Waals surface area (Å²) >= 11 is 0. The van der Waals surface area contributed by atoms with E-state index in [9.17, 15) is 4.79 Å². The summed E-state index contributed by atoms with van der Waals surface area (Å²) in [6, 6.07) is 7.99. The van der Waals surface area contributed by atoms with Gasteiger partial charge in [0.15, 0.2) is 0 Å². The summed E-state index contributed by atoms with van der Waals surface area (Å²) in [5.74, 6) is 0.346. The Balaban J connectivity index is 2.51. The van der Waals surface area contributed by atoms with Crippen molar-refractivity contribution in [2.75, 3.05) is 6.54 Å². The van der Waals surface area contributed by atoms with E-state index in [0.717, 1.165) is 17.7 Å². The van der Waals surface area contributed by atoms with Crippen molar-refractivity contribution in [1.29, 1.82) is 0 Å². The molecule has 0 bridgehead atoms. The number of aryl methyl sites for hydroxylation is 1. The maximum Gasteiger partial charge on any atom is 0.332 e. The van der Waals surface area contributed by atoms with Crippen LogP contribution in [-0.4, -0.2) is 15.7 Å². The van der Waals surface area contributed by atoms with Crippen molar-refractivity contribution < 1.29 is 0 Å². The van der Waals surface area contributed by atoms with E-state index in [-0.39, 0.29) is 5.69 Å². The molecule has 2 N–H and O–H groups in total. The van der Waals surface area contributed by atoms with E-state index in [4.69, 9.17) is 5.73 Å². The third-order valence-corrected chi connectivity index (χ3v) is 3.27. The molecular weight excluding hydrogens is 226 g/mol. The van der Waals surface area contributed by atoms with Gasteiger partial charge in [0, 0.05) is 19.4 Å². The fourth-order valence-corrected chi connectivity index (χ4v) is 2.18. The maximum absolute atomic E-state index is 12.0. The number of imidazole rings is 1. The van der Waals surface area contributed by atoms with Crippen molar-refractivity contribution in [2.45, 2.75) is 19.3 Å². The molecule has 0 aliphatic rings. The summed E-state index contributed by atoms with van der Waals surface area (Å²) in [7, 11) is 1.75. The molecule has 1 heterocycles. The molecule has 0 fully saturated rings. The third-order valence-electron chi connectivity index (χ3n) is 3.27. The largest absolute Gasteiger partial charge is 0.332 e. The van der Waals surface area contributed by atoms with E-state index in [1.54, 1.807) is 28.6 Å². The monoisotopic (exact) mass is 245 g/mol. The van der Waals surface area contributed by atoms with Crippen LogP contribution >= 0.6 is 0 Å². The predicted octanol–water partition coefficient (Wildman–Crippen LogP) is 1.63. The van der Waals surface area contributed by atoms with Crippen LogP contribution in [0.15, 0.2) is 41.5 Å². The number of hydrogen-bond acceptors (Lipinski definition) is 2. The lowest BCUT2D eigenvalue weighted by atomic mass is 9.96. The highest BCUT2D eigenvalue weighted by atomic mass is 16.1. The second-order valence-corrected chi connectivity index (χ2v) is 4.60. The second kappa shape index (κ2) is 5.23. The van der Waals surface area contributed by atoms with Gasteiger partial charge in [-0.2, -0.15) is 0 Å². The zero-order valence-electron chi connectivity index (χ0n) is 10.8. The molecule has 18 heavy (non-hydrogen) atoms. The highest BCUT2D eigenvalue weighted by molar-refractivity contribution is 5.43. The van der Waals surface area contributed by atoms with Crippen LogP contribution in [0.2, 0.25) is 0 Å². The smallest absolute Gasteiger partial charge is 0.330 e. The van der Waals surface area contributed by atoms with Gasteiger partial charge in [0.25, 0.3) is 0 Å². The van der Waals surface area contributed by atoms with Gasteiger partial charge in [0.1, 0.15) is 0 Å². The Morgan fingerprint density at radius 3 is 2.61 bits per heavy atom. The van der Waals surface area contributed by atoms with E-state index < -0.39 is 0 Å². The standard InChI is InChI=1S/C14H19N3O/c1-11(7-8-15)12-5-3-4-6-13(12)17-10-9-16(2)14(17)18/h3-6,9-11H,7-8,15H2,1-2H3.